The van der Waals surface area contributed by atoms with Crippen molar-refractivity contribution < 1.29 is 13.9 Å². The van der Waals surface area contributed by atoms with E-state index in [1.54, 1.807) is 19.1 Å². The second-order valence-corrected chi connectivity index (χ2v) is 6.00. The standard InChI is InChI=1S/C20H18N4O3/c1-14-17(18(25)21-13-12-15-8-4-2-5-9-15)24-20(26-14)22-19(23-24)27-16-10-6-3-7-11-16/h2-11H,12-13H2,1H3,(H,21,25). The van der Waals surface area contributed by atoms with Crippen LogP contribution >= 0.6 is 0 Å². The van der Waals surface area contributed by atoms with Gasteiger partial charge in [0, 0.05) is 6.54 Å². The SMILES string of the molecule is Cc1oc2nc(Oc3ccccc3)nn2c1C(=O)NCCc1ccccc1. The van der Waals surface area contributed by atoms with E-state index in [2.05, 4.69) is 15.4 Å². The maximum atomic E-state index is 12.6. The molecule has 136 valence electrons. The van der Waals surface area contributed by atoms with Gasteiger partial charge in [0.25, 0.3) is 5.91 Å². The number of carbonyl (C=O) groups is 1. The van der Waals surface area contributed by atoms with Crippen molar-refractivity contribution in [3.05, 3.63) is 77.7 Å². The van der Waals surface area contributed by atoms with Crippen molar-refractivity contribution in [2.75, 3.05) is 6.54 Å². The highest BCUT2D eigenvalue weighted by molar-refractivity contribution is 5.93. The molecule has 1 amide bonds. The van der Waals surface area contributed by atoms with Gasteiger partial charge in [0.2, 0.25) is 0 Å². The number of carbonyl (C=O) groups excluding carboxylic acids is 1. The van der Waals surface area contributed by atoms with E-state index in [1.807, 2.05) is 48.5 Å². The smallest absolute Gasteiger partial charge is 0.344 e. The Morgan fingerprint density at radius 2 is 1.81 bits per heavy atom. The van der Waals surface area contributed by atoms with Crippen LogP contribution in [0.4, 0.5) is 0 Å². The van der Waals surface area contributed by atoms with E-state index < -0.39 is 0 Å². The van der Waals surface area contributed by atoms with Crippen LogP contribution in [0.2, 0.25) is 0 Å². The molecule has 0 atom stereocenters. The topological polar surface area (TPSA) is 81.7 Å². The number of hydrogen-bond donors (Lipinski definition) is 1. The number of fused-ring (bicyclic) bond motifs is 1. The molecule has 0 aliphatic rings. The second kappa shape index (κ2) is 7.33. The van der Waals surface area contributed by atoms with Crippen LogP contribution in [0.15, 0.2) is 65.1 Å². The van der Waals surface area contributed by atoms with Crippen LogP contribution in [0, 0.1) is 6.92 Å². The first-order chi connectivity index (χ1) is 13.2. The lowest BCUT2D eigenvalue weighted by molar-refractivity contribution is 0.0945. The molecule has 2 heterocycles. The quantitative estimate of drug-likeness (QED) is 0.568. The molecule has 1 N–H and O–H groups in total. The molecule has 0 spiro atoms. The molecule has 2 aromatic carbocycles. The minimum atomic E-state index is -0.265. The highest BCUT2D eigenvalue weighted by Crippen LogP contribution is 2.21. The van der Waals surface area contributed by atoms with Crippen molar-refractivity contribution >= 4 is 11.8 Å². The molecule has 0 bridgehead atoms. The van der Waals surface area contributed by atoms with Crippen LogP contribution in [0.3, 0.4) is 0 Å². The fraction of sp³-hybridized carbons (Fsp3) is 0.150. The lowest BCUT2D eigenvalue weighted by atomic mass is 10.1. The van der Waals surface area contributed by atoms with E-state index in [0.717, 1.165) is 12.0 Å². The van der Waals surface area contributed by atoms with E-state index in [1.165, 1.54) is 4.52 Å². The third-order valence-electron chi connectivity index (χ3n) is 4.06. The van der Waals surface area contributed by atoms with Gasteiger partial charge in [0.15, 0.2) is 5.69 Å². The van der Waals surface area contributed by atoms with Crippen molar-refractivity contribution in [2.45, 2.75) is 13.3 Å². The van der Waals surface area contributed by atoms with E-state index in [4.69, 9.17) is 9.15 Å². The zero-order valence-corrected chi connectivity index (χ0v) is 14.8. The Kier molecular flexibility index (Phi) is 4.57. The minimum absolute atomic E-state index is 0.123. The average Bonchev–Trinajstić information content (AvgIpc) is 3.18. The molecule has 0 saturated carbocycles. The predicted octanol–water partition coefficient (Wildman–Crippen LogP) is 3.40. The number of ether oxygens (including phenoxy) is 1. The van der Waals surface area contributed by atoms with Crippen LogP contribution in [-0.2, 0) is 6.42 Å². The molecule has 7 nitrogen and oxygen atoms in total. The highest BCUT2D eigenvalue weighted by Gasteiger charge is 2.22. The first-order valence-corrected chi connectivity index (χ1v) is 8.62. The summed E-state index contributed by atoms with van der Waals surface area (Å²) in [4.78, 5) is 16.8. The number of amides is 1. The Hall–Kier alpha value is -3.61. The van der Waals surface area contributed by atoms with Crippen LogP contribution < -0.4 is 10.1 Å². The summed E-state index contributed by atoms with van der Waals surface area (Å²) in [5.41, 5.74) is 1.47. The zero-order chi connectivity index (χ0) is 18.6. The molecular weight excluding hydrogens is 344 g/mol. The number of oxazole rings is 1. The van der Waals surface area contributed by atoms with Gasteiger partial charge in [0.1, 0.15) is 11.5 Å². The molecule has 0 unspecified atom stereocenters. The van der Waals surface area contributed by atoms with Gasteiger partial charge in [-0.1, -0.05) is 48.5 Å². The van der Waals surface area contributed by atoms with E-state index in [9.17, 15) is 4.79 Å². The summed E-state index contributed by atoms with van der Waals surface area (Å²) >= 11 is 0. The number of nitrogens with zero attached hydrogens (tertiary/aromatic N) is 3. The highest BCUT2D eigenvalue weighted by atomic mass is 16.5. The fourth-order valence-corrected chi connectivity index (χ4v) is 2.77. The fourth-order valence-electron chi connectivity index (χ4n) is 2.77. The summed E-state index contributed by atoms with van der Waals surface area (Å²) < 4.78 is 12.5. The maximum absolute atomic E-state index is 12.6. The maximum Gasteiger partial charge on any atom is 0.344 e. The van der Waals surface area contributed by atoms with E-state index >= 15 is 0 Å². The van der Waals surface area contributed by atoms with Crippen molar-refractivity contribution in [3.63, 3.8) is 0 Å². The van der Waals surface area contributed by atoms with E-state index in [0.29, 0.717) is 23.7 Å². The second-order valence-electron chi connectivity index (χ2n) is 6.00. The molecule has 0 aliphatic heterocycles. The number of nitrogens with one attached hydrogen (secondary N) is 1. The summed E-state index contributed by atoms with van der Waals surface area (Å²) in [7, 11) is 0. The van der Waals surface area contributed by atoms with Gasteiger partial charge in [-0.05, 0) is 31.0 Å². The molecule has 7 heteroatoms. The van der Waals surface area contributed by atoms with Gasteiger partial charge < -0.3 is 14.5 Å². The molecule has 0 radical (unpaired) electrons. The Morgan fingerprint density at radius 3 is 2.56 bits per heavy atom. The van der Waals surface area contributed by atoms with Gasteiger partial charge in [-0.15, -0.1) is 10.1 Å². The Labute approximate surface area is 155 Å². The van der Waals surface area contributed by atoms with Gasteiger partial charge in [-0.2, -0.15) is 4.52 Å². The molecule has 4 aromatic rings. The lowest BCUT2D eigenvalue weighted by Crippen LogP contribution is -2.27. The van der Waals surface area contributed by atoms with Crippen LogP contribution in [-0.4, -0.2) is 27.0 Å². The molecule has 2 aromatic heterocycles. The average molecular weight is 362 g/mol. The molecule has 0 aliphatic carbocycles. The number of aromatic nitrogens is 3. The zero-order valence-electron chi connectivity index (χ0n) is 14.8. The Morgan fingerprint density at radius 1 is 1.11 bits per heavy atom. The Balaban J connectivity index is 1.48. The van der Waals surface area contributed by atoms with Crippen LogP contribution in [0.5, 0.6) is 11.8 Å². The first kappa shape index (κ1) is 16.8. The molecule has 27 heavy (non-hydrogen) atoms. The van der Waals surface area contributed by atoms with Crippen LogP contribution in [0.1, 0.15) is 21.8 Å². The number of hydrogen-bond acceptors (Lipinski definition) is 5. The van der Waals surface area contributed by atoms with Crippen LogP contribution in [0.25, 0.3) is 5.84 Å². The minimum Gasteiger partial charge on any atom is -0.426 e. The largest absolute Gasteiger partial charge is 0.426 e. The Bertz CT molecular complexity index is 1050. The lowest BCUT2D eigenvalue weighted by Gasteiger charge is -2.04. The monoisotopic (exact) mass is 362 g/mol. The van der Waals surface area contributed by atoms with Gasteiger partial charge >= 0.3 is 11.9 Å². The number of benzene rings is 2. The van der Waals surface area contributed by atoms with Gasteiger partial charge in [-0.25, -0.2) is 0 Å². The van der Waals surface area contributed by atoms with Crippen molar-refractivity contribution in [1.82, 2.24) is 19.9 Å². The molecule has 4 rings (SSSR count). The first-order valence-electron chi connectivity index (χ1n) is 8.62. The number of para-hydroxylation sites is 1. The van der Waals surface area contributed by atoms with E-state index in [-0.39, 0.29) is 17.8 Å². The van der Waals surface area contributed by atoms with Gasteiger partial charge in [0.05, 0.1) is 0 Å². The normalized spacial score (nSPS) is 10.9. The van der Waals surface area contributed by atoms with Gasteiger partial charge in [-0.3, -0.25) is 4.79 Å². The summed E-state index contributed by atoms with van der Waals surface area (Å²) in [6, 6.07) is 19.3. The summed E-state index contributed by atoms with van der Waals surface area (Å²) in [5.74, 6) is 1.01. The van der Waals surface area contributed by atoms with Crippen molar-refractivity contribution in [2.24, 2.45) is 0 Å². The summed E-state index contributed by atoms with van der Waals surface area (Å²) in [6.07, 6.45) is 0.742. The third-order valence-corrected chi connectivity index (χ3v) is 4.06. The predicted molar refractivity (Wildman–Crippen MR) is 99.0 cm³/mol. The molecule has 0 saturated heterocycles. The summed E-state index contributed by atoms with van der Waals surface area (Å²) in [6.45, 7) is 2.22. The molecular formula is C20H18N4O3. The number of aryl methyl sites for hydroxylation is 1. The third kappa shape index (κ3) is 3.67. The summed E-state index contributed by atoms with van der Waals surface area (Å²) in [5, 5.41) is 7.14. The van der Waals surface area contributed by atoms with Crippen molar-refractivity contribution in [3.8, 4) is 11.8 Å². The van der Waals surface area contributed by atoms with Crippen molar-refractivity contribution in [1.29, 1.82) is 0 Å². The molecule has 0 fully saturated rings. The number of rotatable bonds is 6.